The summed E-state index contributed by atoms with van der Waals surface area (Å²) in [6, 6.07) is 15.5. The molecule has 0 aliphatic carbocycles. The minimum atomic E-state index is -0.410. The van der Waals surface area contributed by atoms with Crippen molar-refractivity contribution < 1.29 is 9.53 Å². The first-order chi connectivity index (χ1) is 10.1. The van der Waals surface area contributed by atoms with Gasteiger partial charge >= 0.3 is 5.97 Å². The van der Waals surface area contributed by atoms with Crippen molar-refractivity contribution in [2.24, 2.45) is 4.99 Å². The van der Waals surface area contributed by atoms with Gasteiger partial charge in [0.1, 0.15) is 0 Å². The average molecular weight is 389 g/mol. The normalized spacial score (nSPS) is 16.0. The number of carbonyl (C=O) groups excluding carboxylic acids is 1. The summed E-state index contributed by atoms with van der Waals surface area (Å²) >= 11 is 2.23. The molecule has 1 aliphatic heterocycles. The van der Waals surface area contributed by atoms with E-state index in [2.05, 4.69) is 27.6 Å². The Labute approximate surface area is 136 Å². The van der Waals surface area contributed by atoms with E-state index in [0.29, 0.717) is 11.6 Å². The van der Waals surface area contributed by atoms with Gasteiger partial charge in [0, 0.05) is 9.13 Å². The Kier molecular flexibility index (Phi) is 3.88. The summed E-state index contributed by atoms with van der Waals surface area (Å²) in [5.74, 6) is -0.0527. The Morgan fingerprint density at radius 2 is 1.81 bits per heavy atom. The van der Waals surface area contributed by atoms with E-state index in [0.717, 1.165) is 20.3 Å². The molecule has 2 aromatic carbocycles. The summed E-state index contributed by atoms with van der Waals surface area (Å²) < 4.78 is 6.37. The fourth-order valence-electron chi connectivity index (χ4n) is 2.02. The van der Waals surface area contributed by atoms with Crippen molar-refractivity contribution in [1.82, 2.24) is 0 Å². The van der Waals surface area contributed by atoms with Crippen LogP contribution in [-0.4, -0.2) is 11.9 Å². The summed E-state index contributed by atoms with van der Waals surface area (Å²) in [6.07, 6.45) is 1.76. The van der Waals surface area contributed by atoms with Crippen LogP contribution in [0, 0.1) is 10.5 Å². The minimum absolute atomic E-state index is 0.331. The van der Waals surface area contributed by atoms with Crippen LogP contribution in [0.25, 0.3) is 6.08 Å². The van der Waals surface area contributed by atoms with Crippen LogP contribution in [0.3, 0.4) is 0 Å². The Balaban J connectivity index is 1.96. The van der Waals surface area contributed by atoms with Crippen LogP contribution in [0.2, 0.25) is 0 Å². The second-order valence-electron chi connectivity index (χ2n) is 4.70. The molecule has 0 unspecified atom stereocenters. The fraction of sp³-hybridized carbons (Fsp3) is 0.0588. The number of halogens is 1. The third-order valence-corrected chi connectivity index (χ3v) is 3.91. The third-order valence-electron chi connectivity index (χ3n) is 3.19. The molecule has 0 saturated carbocycles. The Morgan fingerprint density at radius 3 is 2.52 bits per heavy atom. The topological polar surface area (TPSA) is 38.7 Å². The van der Waals surface area contributed by atoms with Gasteiger partial charge in [0.15, 0.2) is 5.70 Å². The molecule has 0 saturated heterocycles. The maximum Gasteiger partial charge on any atom is 0.363 e. The van der Waals surface area contributed by atoms with Gasteiger partial charge < -0.3 is 4.74 Å². The molecule has 1 heterocycles. The second-order valence-corrected chi connectivity index (χ2v) is 5.95. The molecule has 0 atom stereocenters. The molecule has 1 aliphatic rings. The van der Waals surface area contributed by atoms with Crippen LogP contribution in [0.5, 0.6) is 0 Å². The van der Waals surface area contributed by atoms with Gasteiger partial charge in [-0.2, -0.15) is 0 Å². The van der Waals surface area contributed by atoms with Crippen LogP contribution >= 0.6 is 22.6 Å². The lowest BCUT2D eigenvalue weighted by Gasteiger charge is -1.99. The monoisotopic (exact) mass is 389 g/mol. The lowest BCUT2D eigenvalue weighted by atomic mass is 10.1. The third kappa shape index (κ3) is 3.05. The van der Waals surface area contributed by atoms with Gasteiger partial charge in [-0.3, -0.25) is 0 Å². The van der Waals surface area contributed by atoms with Crippen LogP contribution in [0.1, 0.15) is 16.7 Å². The molecule has 0 N–H and O–H groups in total. The smallest absolute Gasteiger partial charge is 0.363 e. The van der Waals surface area contributed by atoms with Crippen molar-refractivity contribution in [3.63, 3.8) is 0 Å². The highest BCUT2D eigenvalue weighted by Crippen LogP contribution is 2.20. The van der Waals surface area contributed by atoms with E-state index in [1.54, 1.807) is 6.08 Å². The molecule has 0 bridgehead atoms. The lowest BCUT2D eigenvalue weighted by molar-refractivity contribution is -0.129. The molecular formula is C17H12INO2. The van der Waals surface area contributed by atoms with Gasteiger partial charge in [-0.05, 0) is 71.0 Å². The maximum absolute atomic E-state index is 11.9. The molecule has 0 fully saturated rings. The van der Waals surface area contributed by atoms with E-state index < -0.39 is 5.97 Å². The van der Waals surface area contributed by atoms with E-state index in [1.165, 1.54) is 0 Å². The highest BCUT2D eigenvalue weighted by Gasteiger charge is 2.24. The number of esters is 1. The van der Waals surface area contributed by atoms with Crippen molar-refractivity contribution in [3.05, 3.63) is 74.5 Å². The number of carbonyl (C=O) groups is 1. The number of cyclic esters (lactones) is 1. The summed E-state index contributed by atoms with van der Waals surface area (Å²) in [7, 11) is 0. The summed E-state index contributed by atoms with van der Waals surface area (Å²) in [5.41, 5.74) is 3.20. The van der Waals surface area contributed by atoms with Gasteiger partial charge in [0.25, 0.3) is 0 Å². The molecular weight excluding hydrogens is 377 g/mol. The molecule has 104 valence electrons. The van der Waals surface area contributed by atoms with E-state index in [9.17, 15) is 4.79 Å². The zero-order chi connectivity index (χ0) is 14.8. The Bertz CT molecular complexity index is 761. The first-order valence-electron chi connectivity index (χ1n) is 6.47. The van der Waals surface area contributed by atoms with Gasteiger partial charge in [0.2, 0.25) is 5.90 Å². The molecule has 3 nitrogen and oxygen atoms in total. The number of benzene rings is 2. The second kappa shape index (κ2) is 5.81. The molecule has 21 heavy (non-hydrogen) atoms. The number of hydrogen-bond acceptors (Lipinski definition) is 3. The largest absolute Gasteiger partial charge is 0.402 e. The zero-order valence-electron chi connectivity index (χ0n) is 11.3. The van der Waals surface area contributed by atoms with Gasteiger partial charge in [-0.25, -0.2) is 9.79 Å². The summed E-state index contributed by atoms with van der Waals surface area (Å²) in [5, 5.41) is 0. The van der Waals surface area contributed by atoms with E-state index in [-0.39, 0.29) is 0 Å². The standard InChI is InChI=1S/C17H12INO2/c1-11-4-2-3-5-13(11)10-15-17(20)21-16(19-15)12-6-8-14(18)9-7-12/h2-10H,1H3/b15-10-. The Morgan fingerprint density at radius 1 is 1.10 bits per heavy atom. The van der Waals surface area contributed by atoms with Crippen molar-refractivity contribution in [1.29, 1.82) is 0 Å². The molecule has 0 spiro atoms. The first-order valence-corrected chi connectivity index (χ1v) is 7.55. The average Bonchev–Trinajstić information content (AvgIpc) is 2.83. The SMILES string of the molecule is Cc1ccccc1/C=C1\N=C(c2ccc(I)cc2)OC1=O. The highest BCUT2D eigenvalue weighted by molar-refractivity contribution is 14.1. The predicted molar refractivity (Wildman–Crippen MR) is 90.9 cm³/mol. The van der Waals surface area contributed by atoms with Gasteiger partial charge in [-0.15, -0.1) is 0 Å². The van der Waals surface area contributed by atoms with Crippen LogP contribution in [-0.2, 0) is 9.53 Å². The molecule has 0 amide bonds. The molecule has 0 aromatic heterocycles. The number of ether oxygens (including phenoxy) is 1. The van der Waals surface area contributed by atoms with Crippen LogP contribution in [0.15, 0.2) is 59.2 Å². The molecule has 0 radical (unpaired) electrons. The highest BCUT2D eigenvalue weighted by atomic mass is 127. The minimum Gasteiger partial charge on any atom is -0.402 e. The number of aliphatic imine (C=N–C) groups is 1. The van der Waals surface area contributed by atoms with Gasteiger partial charge in [0.05, 0.1) is 0 Å². The summed E-state index contributed by atoms with van der Waals surface area (Å²) in [4.78, 5) is 16.2. The van der Waals surface area contributed by atoms with E-state index in [4.69, 9.17) is 4.74 Å². The molecule has 2 aromatic rings. The maximum atomic E-state index is 11.9. The van der Waals surface area contributed by atoms with Crippen LogP contribution < -0.4 is 0 Å². The molecule has 3 rings (SSSR count). The zero-order valence-corrected chi connectivity index (χ0v) is 13.5. The van der Waals surface area contributed by atoms with Crippen molar-refractivity contribution in [2.75, 3.05) is 0 Å². The lowest BCUT2D eigenvalue weighted by Crippen LogP contribution is -2.05. The fourth-order valence-corrected chi connectivity index (χ4v) is 2.38. The van der Waals surface area contributed by atoms with Crippen LogP contribution in [0.4, 0.5) is 0 Å². The number of hydrogen-bond donors (Lipinski definition) is 0. The van der Waals surface area contributed by atoms with E-state index in [1.807, 2.05) is 55.5 Å². The Hall–Kier alpha value is -1.95. The number of nitrogens with zero attached hydrogens (tertiary/aromatic N) is 1. The van der Waals surface area contributed by atoms with Crippen molar-refractivity contribution in [3.8, 4) is 0 Å². The van der Waals surface area contributed by atoms with Crippen molar-refractivity contribution >= 4 is 40.5 Å². The number of aryl methyl sites for hydroxylation is 1. The summed E-state index contributed by atoms with van der Waals surface area (Å²) in [6.45, 7) is 2.00. The molecule has 4 heteroatoms. The first kappa shape index (κ1) is 14.0. The van der Waals surface area contributed by atoms with Crippen molar-refractivity contribution in [2.45, 2.75) is 6.92 Å². The van der Waals surface area contributed by atoms with Gasteiger partial charge in [-0.1, -0.05) is 24.3 Å². The van der Waals surface area contributed by atoms with E-state index >= 15 is 0 Å². The quantitative estimate of drug-likeness (QED) is 0.443. The predicted octanol–water partition coefficient (Wildman–Crippen LogP) is 3.94. The number of rotatable bonds is 2.